The van der Waals surface area contributed by atoms with Gasteiger partial charge in [-0.05, 0) is 30.3 Å². The minimum Gasteiger partial charge on any atom is -0.435 e. The summed E-state index contributed by atoms with van der Waals surface area (Å²) in [5.74, 6) is -0.323. The second-order valence-corrected chi connectivity index (χ2v) is 7.89. The van der Waals surface area contributed by atoms with E-state index in [4.69, 9.17) is 10.2 Å². The third-order valence-corrected chi connectivity index (χ3v) is 5.41. The maximum absolute atomic E-state index is 13.0. The number of nitrogens with zero attached hydrogens (tertiary/aromatic N) is 3. The van der Waals surface area contributed by atoms with E-state index in [1.54, 1.807) is 52.3 Å². The van der Waals surface area contributed by atoms with E-state index in [1.807, 2.05) is 13.8 Å². The summed E-state index contributed by atoms with van der Waals surface area (Å²) in [6, 6.07) is 12.1. The SMILES string of the molecule is CC(C)C(=O)N1CCN(C(=O)c2cccc(-c3nc4cccc(C(N)=O)c4o3)c2)CC1. The molecule has 8 heteroatoms. The van der Waals surface area contributed by atoms with Crippen LogP contribution >= 0.6 is 0 Å². The average molecular weight is 420 g/mol. The predicted molar refractivity (Wildman–Crippen MR) is 115 cm³/mol. The molecule has 0 unspecified atom stereocenters. The molecule has 1 aliphatic heterocycles. The van der Waals surface area contributed by atoms with Crippen molar-refractivity contribution in [2.75, 3.05) is 26.2 Å². The normalized spacial score (nSPS) is 14.3. The van der Waals surface area contributed by atoms with Gasteiger partial charge in [0, 0.05) is 43.2 Å². The van der Waals surface area contributed by atoms with Crippen LogP contribution in [0.4, 0.5) is 0 Å². The summed E-state index contributed by atoms with van der Waals surface area (Å²) >= 11 is 0. The van der Waals surface area contributed by atoms with Crippen LogP contribution in [0.5, 0.6) is 0 Å². The molecule has 2 N–H and O–H groups in total. The van der Waals surface area contributed by atoms with Crippen LogP contribution < -0.4 is 5.73 Å². The van der Waals surface area contributed by atoms with E-state index in [1.165, 1.54) is 0 Å². The molecule has 1 aliphatic rings. The number of carbonyl (C=O) groups excluding carboxylic acids is 3. The fourth-order valence-corrected chi connectivity index (χ4v) is 3.73. The molecule has 0 bridgehead atoms. The van der Waals surface area contributed by atoms with Crippen LogP contribution in [0.2, 0.25) is 0 Å². The van der Waals surface area contributed by atoms with Gasteiger partial charge in [0.15, 0.2) is 5.58 Å². The highest BCUT2D eigenvalue weighted by Gasteiger charge is 2.26. The molecule has 0 aliphatic carbocycles. The van der Waals surface area contributed by atoms with E-state index in [0.717, 1.165) is 0 Å². The number of para-hydroxylation sites is 1. The van der Waals surface area contributed by atoms with Crippen LogP contribution in [0.1, 0.15) is 34.6 Å². The third kappa shape index (κ3) is 4.01. The Hall–Kier alpha value is -3.68. The Labute approximate surface area is 179 Å². The summed E-state index contributed by atoms with van der Waals surface area (Å²) in [4.78, 5) is 44.8. The average Bonchev–Trinajstić information content (AvgIpc) is 3.22. The first kappa shape index (κ1) is 20.6. The molecular formula is C23H24N4O4. The summed E-state index contributed by atoms with van der Waals surface area (Å²) in [6.45, 7) is 5.80. The first-order valence-electron chi connectivity index (χ1n) is 10.2. The number of hydrogen-bond acceptors (Lipinski definition) is 5. The van der Waals surface area contributed by atoms with Gasteiger partial charge in [0.25, 0.3) is 11.8 Å². The van der Waals surface area contributed by atoms with Crippen molar-refractivity contribution in [1.29, 1.82) is 0 Å². The Morgan fingerprint density at radius 1 is 1.00 bits per heavy atom. The maximum Gasteiger partial charge on any atom is 0.253 e. The molecule has 0 radical (unpaired) electrons. The molecular weight excluding hydrogens is 396 g/mol. The van der Waals surface area contributed by atoms with Gasteiger partial charge in [0.2, 0.25) is 11.8 Å². The van der Waals surface area contributed by atoms with Crippen LogP contribution in [0.15, 0.2) is 46.9 Å². The number of oxazole rings is 1. The van der Waals surface area contributed by atoms with Crippen molar-refractivity contribution in [2.24, 2.45) is 11.7 Å². The van der Waals surface area contributed by atoms with Gasteiger partial charge in [-0.1, -0.05) is 26.0 Å². The lowest BCUT2D eigenvalue weighted by Gasteiger charge is -2.35. The number of carbonyl (C=O) groups is 3. The largest absolute Gasteiger partial charge is 0.435 e. The minimum absolute atomic E-state index is 0.0506. The molecule has 0 saturated carbocycles. The zero-order valence-electron chi connectivity index (χ0n) is 17.5. The molecule has 1 saturated heterocycles. The Morgan fingerprint density at radius 3 is 2.35 bits per heavy atom. The first-order valence-corrected chi connectivity index (χ1v) is 10.2. The van der Waals surface area contributed by atoms with Crippen LogP contribution in [-0.2, 0) is 4.79 Å². The van der Waals surface area contributed by atoms with Crippen molar-refractivity contribution in [3.05, 3.63) is 53.6 Å². The van der Waals surface area contributed by atoms with Gasteiger partial charge >= 0.3 is 0 Å². The predicted octanol–water partition coefficient (Wildman–Crippen LogP) is 2.53. The molecule has 3 amide bonds. The van der Waals surface area contributed by atoms with E-state index in [2.05, 4.69) is 4.98 Å². The Kier molecular flexibility index (Phi) is 5.46. The van der Waals surface area contributed by atoms with E-state index in [-0.39, 0.29) is 23.3 Å². The second kappa shape index (κ2) is 8.22. The van der Waals surface area contributed by atoms with Crippen LogP contribution in [0.25, 0.3) is 22.6 Å². The number of aromatic nitrogens is 1. The van der Waals surface area contributed by atoms with E-state index in [9.17, 15) is 14.4 Å². The van der Waals surface area contributed by atoms with E-state index in [0.29, 0.717) is 54.3 Å². The maximum atomic E-state index is 13.0. The fraction of sp³-hybridized carbons (Fsp3) is 0.304. The number of nitrogens with two attached hydrogens (primary N) is 1. The van der Waals surface area contributed by atoms with E-state index >= 15 is 0 Å². The van der Waals surface area contributed by atoms with E-state index < -0.39 is 5.91 Å². The highest BCUT2D eigenvalue weighted by molar-refractivity contribution is 6.03. The lowest BCUT2D eigenvalue weighted by Crippen LogP contribution is -2.51. The Morgan fingerprint density at radius 2 is 1.68 bits per heavy atom. The molecule has 4 rings (SSSR count). The summed E-state index contributed by atoms with van der Waals surface area (Å²) in [5.41, 5.74) is 7.67. The summed E-state index contributed by atoms with van der Waals surface area (Å²) in [6.07, 6.45) is 0. The summed E-state index contributed by atoms with van der Waals surface area (Å²) < 4.78 is 5.81. The summed E-state index contributed by atoms with van der Waals surface area (Å²) in [5, 5.41) is 0. The number of hydrogen-bond donors (Lipinski definition) is 1. The lowest BCUT2D eigenvalue weighted by atomic mass is 10.1. The first-order chi connectivity index (χ1) is 14.8. The number of amides is 3. The lowest BCUT2D eigenvalue weighted by molar-refractivity contribution is -0.135. The number of rotatable bonds is 4. The molecule has 1 fully saturated rings. The molecule has 2 aromatic carbocycles. The van der Waals surface area contributed by atoms with Crippen LogP contribution in [0.3, 0.4) is 0 Å². The van der Waals surface area contributed by atoms with Gasteiger partial charge < -0.3 is 20.0 Å². The summed E-state index contributed by atoms with van der Waals surface area (Å²) in [7, 11) is 0. The number of piperazine rings is 1. The number of fused-ring (bicyclic) bond motifs is 1. The van der Waals surface area contributed by atoms with Gasteiger partial charge in [0.05, 0.1) is 5.56 Å². The van der Waals surface area contributed by atoms with Crippen molar-refractivity contribution < 1.29 is 18.8 Å². The van der Waals surface area contributed by atoms with Gasteiger partial charge in [-0.15, -0.1) is 0 Å². The standard InChI is InChI=1S/C23H24N4O4/c1-14(2)22(29)26-9-11-27(12-10-26)23(30)16-6-3-5-15(13-16)21-25-18-8-4-7-17(20(24)28)19(18)31-21/h3-8,13-14H,9-12H2,1-2H3,(H2,24,28). The number of benzene rings is 2. The highest BCUT2D eigenvalue weighted by Crippen LogP contribution is 2.27. The van der Waals surface area contributed by atoms with Crippen molar-refractivity contribution in [1.82, 2.24) is 14.8 Å². The third-order valence-electron chi connectivity index (χ3n) is 5.41. The van der Waals surface area contributed by atoms with Crippen molar-refractivity contribution in [2.45, 2.75) is 13.8 Å². The van der Waals surface area contributed by atoms with Crippen LogP contribution in [-0.4, -0.2) is 58.7 Å². The quantitative estimate of drug-likeness (QED) is 0.697. The van der Waals surface area contributed by atoms with Crippen molar-refractivity contribution >= 4 is 28.8 Å². The van der Waals surface area contributed by atoms with Gasteiger partial charge in [-0.3, -0.25) is 14.4 Å². The van der Waals surface area contributed by atoms with Gasteiger partial charge in [-0.2, -0.15) is 0 Å². The van der Waals surface area contributed by atoms with Crippen molar-refractivity contribution in [3.8, 4) is 11.5 Å². The zero-order chi connectivity index (χ0) is 22.1. The monoisotopic (exact) mass is 420 g/mol. The van der Waals surface area contributed by atoms with Crippen LogP contribution in [0, 0.1) is 5.92 Å². The zero-order valence-corrected chi connectivity index (χ0v) is 17.5. The minimum atomic E-state index is -0.590. The molecule has 160 valence electrons. The molecule has 0 atom stereocenters. The smallest absolute Gasteiger partial charge is 0.253 e. The molecule has 1 aromatic heterocycles. The Balaban J connectivity index is 1.55. The fourth-order valence-electron chi connectivity index (χ4n) is 3.73. The van der Waals surface area contributed by atoms with Gasteiger partial charge in [-0.25, -0.2) is 4.98 Å². The molecule has 31 heavy (non-hydrogen) atoms. The second-order valence-electron chi connectivity index (χ2n) is 7.89. The van der Waals surface area contributed by atoms with Gasteiger partial charge in [0.1, 0.15) is 5.52 Å². The molecule has 8 nitrogen and oxygen atoms in total. The molecule has 0 spiro atoms. The topological polar surface area (TPSA) is 110 Å². The molecule has 3 aromatic rings. The highest BCUT2D eigenvalue weighted by atomic mass is 16.3. The number of primary amides is 1. The molecule has 2 heterocycles. The Bertz CT molecular complexity index is 1160. The van der Waals surface area contributed by atoms with Crippen molar-refractivity contribution in [3.63, 3.8) is 0 Å².